The highest BCUT2D eigenvalue weighted by molar-refractivity contribution is 7.13. The summed E-state index contributed by atoms with van der Waals surface area (Å²) in [5.41, 5.74) is -0.207. The predicted octanol–water partition coefficient (Wildman–Crippen LogP) is 2.36. The van der Waals surface area contributed by atoms with Gasteiger partial charge in [0, 0.05) is 18.9 Å². The minimum Gasteiger partial charge on any atom is -0.394 e. The average molecular weight is 291 g/mol. The van der Waals surface area contributed by atoms with Crippen molar-refractivity contribution in [1.29, 1.82) is 0 Å². The Hall–Kier alpha value is -1.17. The van der Waals surface area contributed by atoms with Crippen molar-refractivity contribution in [3.63, 3.8) is 0 Å². The Kier molecular flexibility index (Phi) is 3.92. The highest BCUT2D eigenvalue weighted by Crippen LogP contribution is 2.41. The Morgan fingerprint density at radius 1 is 1.55 bits per heavy atom. The van der Waals surface area contributed by atoms with E-state index in [2.05, 4.69) is 33.2 Å². The number of nitrogens with zero attached hydrogens (tertiary/aromatic N) is 2. The summed E-state index contributed by atoms with van der Waals surface area (Å²) in [5.74, 6) is 1.57. The molecule has 0 bridgehead atoms. The Labute approximate surface area is 123 Å². The van der Waals surface area contributed by atoms with Crippen LogP contribution >= 0.6 is 11.3 Å². The van der Waals surface area contributed by atoms with Gasteiger partial charge in [-0.15, -0.1) is 11.3 Å². The molecule has 2 N–H and O–H groups in total. The summed E-state index contributed by atoms with van der Waals surface area (Å²) in [6.45, 7) is 3.92. The van der Waals surface area contributed by atoms with Gasteiger partial charge in [0.25, 0.3) is 0 Å². The van der Waals surface area contributed by atoms with Gasteiger partial charge in [-0.25, -0.2) is 4.98 Å². The number of aromatic nitrogens is 2. The van der Waals surface area contributed by atoms with E-state index in [1.54, 1.807) is 11.3 Å². The van der Waals surface area contributed by atoms with Crippen LogP contribution in [-0.2, 0) is 6.54 Å². The fourth-order valence-corrected chi connectivity index (χ4v) is 3.66. The number of hydrogen-bond acceptors (Lipinski definition) is 4. The third-order valence-corrected chi connectivity index (χ3v) is 4.95. The van der Waals surface area contributed by atoms with E-state index in [4.69, 9.17) is 0 Å². The number of nitrogens with one attached hydrogen (secondary N) is 1. The number of likely N-dealkylation sites (N-methyl/N-ethyl adjacent to an activating group) is 1. The molecule has 1 aliphatic rings. The molecular formula is C15H21N3OS. The van der Waals surface area contributed by atoms with Crippen LogP contribution in [0.1, 0.15) is 19.8 Å². The third kappa shape index (κ3) is 2.53. The molecule has 0 spiro atoms. The summed E-state index contributed by atoms with van der Waals surface area (Å²) in [6, 6.07) is 4.14. The molecule has 1 aliphatic carbocycles. The molecule has 2 heterocycles. The minimum absolute atomic E-state index is 0.174. The van der Waals surface area contributed by atoms with Gasteiger partial charge in [-0.1, -0.05) is 13.0 Å². The molecule has 0 aliphatic heterocycles. The molecule has 0 saturated heterocycles. The molecule has 4 nitrogen and oxygen atoms in total. The fraction of sp³-hybridized carbons (Fsp3) is 0.533. The average Bonchev–Trinajstić information content (AvgIpc) is 3.00. The van der Waals surface area contributed by atoms with E-state index in [1.807, 2.05) is 18.5 Å². The van der Waals surface area contributed by atoms with E-state index in [0.29, 0.717) is 5.92 Å². The van der Waals surface area contributed by atoms with Crippen LogP contribution in [0.2, 0.25) is 0 Å². The van der Waals surface area contributed by atoms with E-state index in [9.17, 15) is 5.11 Å². The van der Waals surface area contributed by atoms with Gasteiger partial charge in [0.2, 0.25) is 0 Å². The molecule has 108 valence electrons. The first-order valence-corrected chi connectivity index (χ1v) is 8.08. The van der Waals surface area contributed by atoms with Crippen molar-refractivity contribution in [3.8, 4) is 10.7 Å². The second kappa shape index (κ2) is 5.68. The Morgan fingerprint density at radius 3 is 3.00 bits per heavy atom. The summed E-state index contributed by atoms with van der Waals surface area (Å²) in [5, 5.41) is 15.5. The van der Waals surface area contributed by atoms with Gasteiger partial charge >= 0.3 is 0 Å². The molecule has 3 rings (SSSR count). The largest absolute Gasteiger partial charge is 0.394 e. The lowest BCUT2D eigenvalue weighted by Crippen LogP contribution is -2.53. The Bertz CT molecular complexity index is 547. The number of aliphatic hydroxyl groups is 1. The van der Waals surface area contributed by atoms with Crippen LogP contribution in [-0.4, -0.2) is 33.3 Å². The highest BCUT2D eigenvalue weighted by Gasteiger charge is 2.44. The Balaban J connectivity index is 1.88. The van der Waals surface area contributed by atoms with Crippen molar-refractivity contribution < 1.29 is 5.11 Å². The molecule has 1 unspecified atom stereocenters. The lowest BCUT2D eigenvalue weighted by atomic mass is 9.93. The minimum atomic E-state index is -0.207. The summed E-state index contributed by atoms with van der Waals surface area (Å²) in [6.07, 6.45) is 6.27. The second-order valence-electron chi connectivity index (χ2n) is 5.47. The first-order valence-electron chi connectivity index (χ1n) is 7.20. The molecule has 20 heavy (non-hydrogen) atoms. The molecule has 1 fully saturated rings. The SMILES string of the molecule is CCNC(CO)(Cn1ccnc1-c1cccs1)C1CC1. The smallest absolute Gasteiger partial charge is 0.150 e. The number of rotatable bonds is 7. The lowest BCUT2D eigenvalue weighted by molar-refractivity contribution is 0.124. The molecule has 2 aromatic heterocycles. The van der Waals surface area contributed by atoms with Crippen LogP contribution < -0.4 is 5.32 Å². The Morgan fingerprint density at radius 2 is 2.40 bits per heavy atom. The highest BCUT2D eigenvalue weighted by atomic mass is 32.1. The molecule has 0 radical (unpaired) electrons. The van der Waals surface area contributed by atoms with Gasteiger partial charge < -0.3 is 15.0 Å². The van der Waals surface area contributed by atoms with Gasteiger partial charge in [-0.3, -0.25) is 0 Å². The van der Waals surface area contributed by atoms with Gasteiger partial charge in [0.1, 0.15) is 5.82 Å². The van der Waals surface area contributed by atoms with Crippen molar-refractivity contribution in [1.82, 2.24) is 14.9 Å². The van der Waals surface area contributed by atoms with Gasteiger partial charge in [0.05, 0.1) is 17.0 Å². The summed E-state index contributed by atoms with van der Waals surface area (Å²) < 4.78 is 2.17. The van der Waals surface area contributed by atoms with Crippen molar-refractivity contribution >= 4 is 11.3 Å². The first kappa shape index (κ1) is 13.8. The number of hydrogen-bond donors (Lipinski definition) is 2. The zero-order valence-electron chi connectivity index (χ0n) is 11.7. The van der Waals surface area contributed by atoms with Crippen LogP contribution in [0.3, 0.4) is 0 Å². The summed E-state index contributed by atoms with van der Waals surface area (Å²) in [7, 11) is 0. The fourth-order valence-electron chi connectivity index (χ4n) is 2.92. The van der Waals surface area contributed by atoms with Gasteiger partial charge in [-0.2, -0.15) is 0 Å². The maximum Gasteiger partial charge on any atom is 0.150 e. The maximum atomic E-state index is 9.94. The molecular weight excluding hydrogens is 270 g/mol. The van der Waals surface area contributed by atoms with Crippen molar-refractivity contribution in [2.45, 2.75) is 31.8 Å². The van der Waals surface area contributed by atoms with E-state index >= 15 is 0 Å². The molecule has 0 aromatic carbocycles. The monoisotopic (exact) mass is 291 g/mol. The van der Waals surface area contributed by atoms with Crippen LogP contribution in [0.25, 0.3) is 10.7 Å². The van der Waals surface area contributed by atoms with E-state index in [0.717, 1.165) is 18.9 Å². The number of imidazole rings is 1. The predicted molar refractivity (Wildman–Crippen MR) is 81.8 cm³/mol. The number of aliphatic hydroxyl groups excluding tert-OH is 1. The normalized spacial score (nSPS) is 18.1. The quantitative estimate of drug-likeness (QED) is 0.823. The third-order valence-electron chi connectivity index (χ3n) is 4.08. The standard InChI is InChI=1S/C15H21N3OS/c1-2-17-15(11-19,12-5-6-12)10-18-8-7-16-14(18)13-4-3-9-20-13/h3-4,7-9,12,17,19H,2,5-6,10-11H2,1H3. The van der Waals surface area contributed by atoms with Crippen LogP contribution in [0, 0.1) is 5.92 Å². The van der Waals surface area contributed by atoms with Crippen LogP contribution in [0.5, 0.6) is 0 Å². The van der Waals surface area contributed by atoms with Crippen molar-refractivity contribution in [2.24, 2.45) is 5.92 Å². The maximum absolute atomic E-state index is 9.94. The van der Waals surface area contributed by atoms with Gasteiger partial charge in [-0.05, 0) is 36.8 Å². The molecule has 1 saturated carbocycles. The van der Waals surface area contributed by atoms with E-state index in [1.165, 1.54) is 17.7 Å². The lowest BCUT2D eigenvalue weighted by Gasteiger charge is -2.34. The molecule has 2 aromatic rings. The topological polar surface area (TPSA) is 50.1 Å². The zero-order chi connectivity index (χ0) is 14.0. The van der Waals surface area contributed by atoms with E-state index in [-0.39, 0.29) is 12.1 Å². The molecule has 5 heteroatoms. The van der Waals surface area contributed by atoms with Crippen molar-refractivity contribution in [3.05, 3.63) is 29.9 Å². The zero-order valence-corrected chi connectivity index (χ0v) is 12.6. The second-order valence-corrected chi connectivity index (χ2v) is 6.42. The van der Waals surface area contributed by atoms with Crippen LogP contribution in [0.15, 0.2) is 29.9 Å². The first-order chi connectivity index (χ1) is 9.79. The van der Waals surface area contributed by atoms with Gasteiger partial charge in [0.15, 0.2) is 0 Å². The van der Waals surface area contributed by atoms with Crippen LogP contribution in [0.4, 0.5) is 0 Å². The summed E-state index contributed by atoms with van der Waals surface area (Å²) >= 11 is 1.70. The van der Waals surface area contributed by atoms with E-state index < -0.39 is 0 Å². The summed E-state index contributed by atoms with van der Waals surface area (Å²) in [4.78, 5) is 5.66. The number of thiophene rings is 1. The molecule has 0 amide bonds. The van der Waals surface area contributed by atoms with Crippen molar-refractivity contribution in [2.75, 3.05) is 13.2 Å². The molecule has 1 atom stereocenters.